The number of hydrogen-bond donors (Lipinski definition) is 3. The summed E-state index contributed by atoms with van der Waals surface area (Å²) in [5.41, 5.74) is 0.718. The minimum atomic E-state index is -0.958. The Hall–Kier alpha value is -2.87. The average molecular weight is 502 g/mol. The summed E-state index contributed by atoms with van der Waals surface area (Å²) in [5, 5.41) is 7.05. The second-order valence-electron chi connectivity index (χ2n) is 10.5. The third kappa shape index (κ3) is 6.04. The summed E-state index contributed by atoms with van der Waals surface area (Å²) in [4.78, 5) is 54.4. The van der Waals surface area contributed by atoms with Gasteiger partial charge < -0.3 is 20.4 Å². The molecule has 3 N–H and O–H groups in total. The van der Waals surface area contributed by atoms with Gasteiger partial charge in [-0.25, -0.2) is 4.79 Å². The first-order valence-corrected chi connectivity index (χ1v) is 12.4. The maximum Gasteiger partial charge on any atom is 0.328 e. The van der Waals surface area contributed by atoms with Crippen LogP contribution >= 0.6 is 11.6 Å². The molecule has 0 bridgehead atoms. The maximum absolute atomic E-state index is 13.3. The fourth-order valence-electron chi connectivity index (χ4n) is 4.96. The van der Waals surface area contributed by atoms with Crippen molar-refractivity contribution in [3.05, 3.63) is 35.0 Å². The largest absolute Gasteiger partial charge is 0.467 e. The van der Waals surface area contributed by atoms with Crippen molar-refractivity contribution in [2.24, 2.45) is 17.8 Å². The van der Waals surface area contributed by atoms with E-state index >= 15 is 0 Å². The topological polar surface area (TPSA) is 117 Å². The number of fused-ring (bicyclic) bond motifs is 1. The zero-order chi connectivity index (χ0) is 25.3. The minimum absolute atomic E-state index is 0.0115. The van der Waals surface area contributed by atoms with E-state index in [1.54, 1.807) is 12.1 Å². The lowest BCUT2D eigenvalue weighted by Crippen LogP contribution is -2.46. The molecule has 9 heteroatoms. The number of halogens is 1. The van der Waals surface area contributed by atoms with Gasteiger partial charge in [0.15, 0.2) is 5.78 Å². The Bertz CT molecular complexity index is 1150. The van der Waals surface area contributed by atoms with E-state index in [0.29, 0.717) is 35.0 Å². The fourth-order valence-corrected chi connectivity index (χ4v) is 5.19. The van der Waals surface area contributed by atoms with Gasteiger partial charge >= 0.3 is 5.97 Å². The molecule has 1 aromatic heterocycles. The highest BCUT2D eigenvalue weighted by Gasteiger charge is 2.41. The molecule has 8 nitrogen and oxygen atoms in total. The second kappa shape index (κ2) is 10.0. The number of ketones is 1. The van der Waals surface area contributed by atoms with E-state index in [2.05, 4.69) is 15.6 Å². The van der Waals surface area contributed by atoms with Gasteiger partial charge in [0.1, 0.15) is 6.04 Å². The molecule has 2 amide bonds. The van der Waals surface area contributed by atoms with E-state index in [-0.39, 0.29) is 36.0 Å². The number of Topliss-reactive ketones (excluding diaryl/α,β-unsaturated/α-hetero) is 1. The van der Waals surface area contributed by atoms with Crippen LogP contribution in [0.2, 0.25) is 5.02 Å². The molecule has 1 saturated carbocycles. The van der Waals surface area contributed by atoms with Crippen LogP contribution in [0.4, 0.5) is 0 Å². The quantitative estimate of drug-likeness (QED) is 0.338. The van der Waals surface area contributed by atoms with Gasteiger partial charge in [-0.3, -0.25) is 14.4 Å². The van der Waals surface area contributed by atoms with E-state index < -0.39 is 23.8 Å². The molecule has 1 aromatic carbocycles. The van der Waals surface area contributed by atoms with Gasteiger partial charge in [-0.15, -0.1) is 0 Å². The number of benzene rings is 1. The Kier molecular flexibility index (Phi) is 7.22. The van der Waals surface area contributed by atoms with Crippen molar-refractivity contribution >= 4 is 46.1 Å². The molecule has 2 aromatic rings. The molecule has 0 spiro atoms. The summed E-state index contributed by atoms with van der Waals surface area (Å²) in [6, 6.07) is 6.21. The monoisotopic (exact) mass is 501 g/mol. The number of aromatic amines is 1. The third-order valence-electron chi connectivity index (χ3n) is 6.93. The summed E-state index contributed by atoms with van der Waals surface area (Å²) in [6.45, 7) is 3.84. The predicted octanol–water partition coefficient (Wildman–Crippen LogP) is 3.77. The lowest BCUT2D eigenvalue weighted by Gasteiger charge is -2.23. The number of ether oxygens (including phenoxy) is 1. The van der Waals surface area contributed by atoms with Crippen LogP contribution in [0.5, 0.6) is 0 Å². The molecular formula is C26H32ClN3O5. The van der Waals surface area contributed by atoms with Gasteiger partial charge in [0.2, 0.25) is 11.8 Å². The Morgan fingerprint density at radius 2 is 1.97 bits per heavy atom. The van der Waals surface area contributed by atoms with Crippen LogP contribution in [0.1, 0.15) is 62.9 Å². The normalized spacial score (nSPS) is 20.8. The molecule has 1 saturated heterocycles. The molecule has 188 valence electrons. The number of para-hydroxylation sites is 1. The van der Waals surface area contributed by atoms with E-state index in [9.17, 15) is 19.2 Å². The molecule has 0 radical (unpaired) electrons. The molecule has 1 aliphatic heterocycles. The summed E-state index contributed by atoms with van der Waals surface area (Å²) in [5.74, 6) is -1.89. The van der Waals surface area contributed by atoms with Crippen molar-refractivity contribution in [3.8, 4) is 0 Å². The van der Waals surface area contributed by atoms with Gasteiger partial charge in [0.05, 0.1) is 23.3 Å². The standard InChI is InChI=1S/C26H32ClN3O5/c1-26(2)13-17(24(33)30-26)11-20(25(34)35-3)29-23(32)16(9-14-7-8-14)12-21(31)19-10-15-5-4-6-18(27)22(15)28-19/h4-6,10,14,16-17,20,28H,7-9,11-13H2,1-3H3,(H,29,32)(H,30,33)/t16-,17?,20+/m1/s1. The Morgan fingerprint density at radius 3 is 2.57 bits per heavy atom. The van der Waals surface area contributed by atoms with E-state index in [0.717, 1.165) is 18.2 Å². The highest BCUT2D eigenvalue weighted by atomic mass is 35.5. The van der Waals surface area contributed by atoms with Crippen molar-refractivity contribution in [1.29, 1.82) is 0 Å². The van der Waals surface area contributed by atoms with Gasteiger partial charge in [0.25, 0.3) is 0 Å². The molecular weight excluding hydrogens is 470 g/mol. The summed E-state index contributed by atoms with van der Waals surface area (Å²) in [7, 11) is 1.26. The molecule has 3 atom stereocenters. The molecule has 2 heterocycles. The van der Waals surface area contributed by atoms with Crippen molar-refractivity contribution in [2.75, 3.05) is 7.11 Å². The Balaban J connectivity index is 1.47. The number of aromatic nitrogens is 1. The molecule has 1 unspecified atom stereocenters. The van der Waals surface area contributed by atoms with E-state index in [1.807, 2.05) is 26.0 Å². The third-order valence-corrected chi connectivity index (χ3v) is 7.25. The van der Waals surface area contributed by atoms with Gasteiger partial charge in [-0.2, -0.15) is 0 Å². The number of carbonyl (C=O) groups is 4. The number of esters is 1. The van der Waals surface area contributed by atoms with E-state index in [1.165, 1.54) is 7.11 Å². The Labute approximate surface area is 209 Å². The first kappa shape index (κ1) is 25.2. The van der Waals surface area contributed by atoms with Crippen LogP contribution in [0.25, 0.3) is 10.9 Å². The van der Waals surface area contributed by atoms with Crippen LogP contribution in [-0.4, -0.2) is 47.2 Å². The number of amides is 2. The van der Waals surface area contributed by atoms with Gasteiger partial charge in [-0.05, 0) is 51.2 Å². The molecule has 2 aliphatic rings. The summed E-state index contributed by atoms with van der Waals surface area (Å²) >= 11 is 6.23. The van der Waals surface area contributed by atoms with Crippen molar-refractivity contribution < 1.29 is 23.9 Å². The smallest absolute Gasteiger partial charge is 0.328 e. The lowest BCUT2D eigenvalue weighted by atomic mass is 9.90. The highest BCUT2D eigenvalue weighted by molar-refractivity contribution is 6.35. The molecule has 4 rings (SSSR count). The molecule has 35 heavy (non-hydrogen) atoms. The first-order valence-electron chi connectivity index (χ1n) is 12.1. The summed E-state index contributed by atoms with van der Waals surface area (Å²) < 4.78 is 4.91. The number of rotatable bonds is 10. The lowest BCUT2D eigenvalue weighted by molar-refractivity contribution is -0.146. The second-order valence-corrected chi connectivity index (χ2v) is 10.9. The van der Waals surface area contributed by atoms with Crippen LogP contribution in [0.3, 0.4) is 0 Å². The summed E-state index contributed by atoms with van der Waals surface area (Å²) in [6.07, 6.45) is 3.34. The zero-order valence-corrected chi connectivity index (χ0v) is 21.0. The Morgan fingerprint density at radius 1 is 1.23 bits per heavy atom. The van der Waals surface area contributed by atoms with Crippen LogP contribution in [0, 0.1) is 17.8 Å². The van der Waals surface area contributed by atoms with Crippen molar-refractivity contribution in [2.45, 2.75) is 64.0 Å². The zero-order valence-electron chi connectivity index (χ0n) is 20.3. The van der Waals surface area contributed by atoms with Crippen LogP contribution in [0.15, 0.2) is 24.3 Å². The highest BCUT2D eigenvalue weighted by Crippen LogP contribution is 2.37. The van der Waals surface area contributed by atoms with Crippen molar-refractivity contribution in [1.82, 2.24) is 15.6 Å². The maximum atomic E-state index is 13.3. The van der Waals surface area contributed by atoms with Gasteiger partial charge in [-0.1, -0.05) is 36.6 Å². The first-order chi connectivity index (χ1) is 16.6. The predicted molar refractivity (Wildman–Crippen MR) is 132 cm³/mol. The van der Waals surface area contributed by atoms with Crippen LogP contribution < -0.4 is 10.6 Å². The number of carbonyl (C=O) groups excluding carboxylic acids is 4. The number of hydrogen-bond acceptors (Lipinski definition) is 5. The van der Waals surface area contributed by atoms with Gasteiger partial charge in [0, 0.05) is 29.2 Å². The average Bonchev–Trinajstić information content (AvgIpc) is 3.43. The molecule has 1 aliphatic carbocycles. The number of methoxy groups -OCH3 is 1. The minimum Gasteiger partial charge on any atom is -0.467 e. The SMILES string of the molecule is COC(=O)[C@H](CC1CC(C)(C)NC1=O)NC(=O)[C@@H](CC(=O)c1cc2cccc(Cl)c2[nH]1)CC1CC1. The van der Waals surface area contributed by atoms with Crippen molar-refractivity contribution in [3.63, 3.8) is 0 Å². The van der Waals surface area contributed by atoms with E-state index in [4.69, 9.17) is 16.3 Å². The molecule has 2 fully saturated rings. The van der Waals surface area contributed by atoms with Crippen LogP contribution in [-0.2, 0) is 19.1 Å². The fraction of sp³-hybridized carbons (Fsp3) is 0.538. The number of H-pyrrole nitrogens is 1. The number of nitrogens with one attached hydrogen (secondary N) is 3.